The second-order valence-corrected chi connectivity index (χ2v) is 5.47. The van der Waals surface area contributed by atoms with E-state index in [0.29, 0.717) is 6.54 Å². The van der Waals surface area contributed by atoms with Crippen LogP contribution in [-0.2, 0) is 4.74 Å². The zero-order valence-electron chi connectivity index (χ0n) is 11.4. The van der Waals surface area contributed by atoms with Gasteiger partial charge in [0, 0.05) is 6.54 Å². The second kappa shape index (κ2) is 6.91. The highest BCUT2D eigenvalue weighted by Gasteiger charge is 2.16. The minimum atomic E-state index is 0.0625. The van der Waals surface area contributed by atoms with Crippen molar-refractivity contribution in [3.63, 3.8) is 0 Å². The van der Waals surface area contributed by atoms with Gasteiger partial charge >= 0.3 is 0 Å². The molecule has 1 unspecified atom stereocenters. The van der Waals surface area contributed by atoms with Crippen LogP contribution < -0.4 is 5.73 Å². The van der Waals surface area contributed by atoms with Gasteiger partial charge in [-0.25, -0.2) is 0 Å². The van der Waals surface area contributed by atoms with Crippen LogP contribution in [0.1, 0.15) is 49.3 Å². The normalized spacial score (nSPS) is 18.8. The van der Waals surface area contributed by atoms with Crippen LogP contribution >= 0.6 is 0 Å². The number of rotatable bonds is 5. The summed E-state index contributed by atoms with van der Waals surface area (Å²) in [5.41, 5.74) is 8.32. The van der Waals surface area contributed by atoms with Gasteiger partial charge in [-0.3, -0.25) is 0 Å². The van der Waals surface area contributed by atoms with E-state index in [0.717, 1.165) is 12.5 Å². The maximum absolute atomic E-state index is 6.03. The van der Waals surface area contributed by atoms with Crippen molar-refractivity contribution in [2.75, 3.05) is 13.2 Å². The smallest absolute Gasteiger partial charge is 0.0947 e. The topological polar surface area (TPSA) is 35.2 Å². The summed E-state index contributed by atoms with van der Waals surface area (Å²) in [6.45, 7) is 3.54. The molecule has 2 heteroatoms. The van der Waals surface area contributed by atoms with Crippen molar-refractivity contribution in [3.05, 3.63) is 35.4 Å². The molecule has 0 aromatic heterocycles. The van der Waals surface area contributed by atoms with Crippen molar-refractivity contribution in [3.8, 4) is 0 Å². The lowest BCUT2D eigenvalue weighted by atomic mass is 9.90. The molecule has 0 aliphatic heterocycles. The Morgan fingerprint density at radius 1 is 1.17 bits per heavy atom. The third-order valence-electron chi connectivity index (χ3n) is 3.92. The highest BCUT2D eigenvalue weighted by Crippen LogP contribution is 2.26. The van der Waals surface area contributed by atoms with Gasteiger partial charge in [0.1, 0.15) is 0 Å². The molecular weight excluding hydrogens is 222 g/mol. The SMILES string of the molecule is Cc1ccc(C(CN)OCC2CCCCC2)cc1. The summed E-state index contributed by atoms with van der Waals surface area (Å²) in [5.74, 6) is 0.748. The molecule has 0 bridgehead atoms. The predicted molar refractivity (Wildman–Crippen MR) is 75.5 cm³/mol. The van der Waals surface area contributed by atoms with Crippen molar-refractivity contribution in [2.24, 2.45) is 11.7 Å². The van der Waals surface area contributed by atoms with Crippen LogP contribution in [0.15, 0.2) is 24.3 Å². The molecule has 2 nitrogen and oxygen atoms in total. The molecule has 0 radical (unpaired) electrons. The molecule has 1 atom stereocenters. The van der Waals surface area contributed by atoms with E-state index in [1.807, 2.05) is 0 Å². The molecule has 1 aromatic carbocycles. The predicted octanol–water partition coefficient (Wildman–Crippen LogP) is 3.59. The first-order valence-corrected chi connectivity index (χ1v) is 7.18. The van der Waals surface area contributed by atoms with Crippen LogP contribution in [0.25, 0.3) is 0 Å². The van der Waals surface area contributed by atoms with Gasteiger partial charge in [0.15, 0.2) is 0 Å². The lowest BCUT2D eigenvalue weighted by molar-refractivity contribution is 0.0246. The molecule has 1 fully saturated rings. The summed E-state index contributed by atoms with van der Waals surface area (Å²) in [5, 5.41) is 0. The summed E-state index contributed by atoms with van der Waals surface area (Å²) >= 11 is 0. The van der Waals surface area contributed by atoms with Crippen molar-refractivity contribution in [1.29, 1.82) is 0 Å². The van der Waals surface area contributed by atoms with Crippen LogP contribution in [0, 0.1) is 12.8 Å². The molecule has 0 heterocycles. The van der Waals surface area contributed by atoms with Crippen LogP contribution in [0.2, 0.25) is 0 Å². The third-order valence-corrected chi connectivity index (χ3v) is 3.92. The average molecular weight is 247 g/mol. The standard InChI is InChI=1S/C16H25NO/c1-13-7-9-15(10-8-13)16(11-17)18-12-14-5-3-2-4-6-14/h7-10,14,16H,2-6,11-12,17H2,1H3. The van der Waals surface area contributed by atoms with Gasteiger partial charge in [-0.2, -0.15) is 0 Å². The van der Waals surface area contributed by atoms with Gasteiger partial charge in [0.2, 0.25) is 0 Å². The highest BCUT2D eigenvalue weighted by atomic mass is 16.5. The second-order valence-electron chi connectivity index (χ2n) is 5.47. The van der Waals surface area contributed by atoms with E-state index in [1.165, 1.54) is 43.2 Å². The van der Waals surface area contributed by atoms with E-state index >= 15 is 0 Å². The number of hydrogen-bond acceptors (Lipinski definition) is 2. The number of nitrogens with two attached hydrogens (primary N) is 1. The zero-order valence-corrected chi connectivity index (χ0v) is 11.4. The van der Waals surface area contributed by atoms with Gasteiger partial charge in [-0.05, 0) is 31.2 Å². The Morgan fingerprint density at radius 3 is 2.44 bits per heavy atom. The summed E-state index contributed by atoms with van der Waals surface area (Å²) < 4.78 is 6.03. The van der Waals surface area contributed by atoms with Crippen LogP contribution in [-0.4, -0.2) is 13.2 Å². The summed E-state index contributed by atoms with van der Waals surface area (Å²) in [7, 11) is 0. The minimum Gasteiger partial charge on any atom is -0.372 e. The summed E-state index contributed by atoms with van der Waals surface area (Å²) in [4.78, 5) is 0. The van der Waals surface area contributed by atoms with Gasteiger partial charge < -0.3 is 10.5 Å². The number of hydrogen-bond donors (Lipinski definition) is 1. The molecule has 1 aliphatic rings. The maximum Gasteiger partial charge on any atom is 0.0947 e. The number of benzene rings is 1. The maximum atomic E-state index is 6.03. The molecular formula is C16H25NO. The largest absolute Gasteiger partial charge is 0.372 e. The Hall–Kier alpha value is -0.860. The molecule has 0 amide bonds. The first kappa shape index (κ1) is 13.6. The number of aryl methyl sites for hydroxylation is 1. The van der Waals surface area contributed by atoms with Crippen LogP contribution in [0.3, 0.4) is 0 Å². The van der Waals surface area contributed by atoms with Gasteiger partial charge in [0.05, 0.1) is 12.7 Å². The van der Waals surface area contributed by atoms with E-state index in [-0.39, 0.29) is 6.10 Å². The molecule has 1 saturated carbocycles. The van der Waals surface area contributed by atoms with Crippen molar-refractivity contribution in [2.45, 2.75) is 45.1 Å². The molecule has 100 valence electrons. The van der Waals surface area contributed by atoms with Crippen molar-refractivity contribution < 1.29 is 4.74 Å². The van der Waals surface area contributed by atoms with Crippen LogP contribution in [0.5, 0.6) is 0 Å². The molecule has 18 heavy (non-hydrogen) atoms. The molecule has 1 aromatic rings. The molecule has 1 aliphatic carbocycles. The van der Waals surface area contributed by atoms with E-state index in [1.54, 1.807) is 0 Å². The minimum absolute atomic E-state index is 0.0625. The highest BCUT2D eigenvalue weighted by molar-refractivity contribution is 5.23. The Morgan fingerprint density at radius 2 is 1.83 bits per heavy atom. The zero-order chi connectivity index (χ0) is 12.8. The van der Waals surface area contributed by atoms with E-state index in [9.17, 15) is 0 Å². The van der Waals surface area contributed by atoms with Gasteiger partial charge in [0.25, 0.3) is 0 Å². The Labute approximate surface area is 111 Å². The van der Waals surface area contributed by atoms with Gasteiger partial charge in [-0.1, -0.05) is 49.1 Å². The van der Waals surface area contributed by atoms with Crippen LogP contribution in [0.4, 0.5) is 0 Å². The van der Waals surface area contributed by atoms with Gasteiger partial charge in [-0.15, -0.1) is 0 Å². The average Bonchev–Trinajstić information content (AvgIpc) is 2.42. The molecule has 0 spiro atoms. The Balaban J connectivity index is 1.86. The third kappa shape index (κ3) is 3.82. The fourth-order valence-corrected chi connectivity index (χ4v) is 2.69. The molecule has 2 rings (SSSR count). The number of ether oxygens (including phenoxy) is 1. The van der Waals surface area contributed by atoms with E-state index in [4.69, 9.17) is 10.5 Å². The lowest BCUT2D eigenvalue weighted by Crippen LogP contribution is -2.21. The molecule has 0 saturated heterocycles. The quantitative estimate of drug-likeness (QED) is 0.863. The Bertz CT molecular complexity index is 341. The fourth-order valence-electron chi connectivity index (χ4n) is 2.69. The summed E-state index contributed by atoms with van der Waals surface area (Å²) in [6, 6.07) is 8.52. The fraction of sp³-hybridized carbons (Fsp3) is 0.625. The molecule has 2 N–H and O–H groups in total. The first-order valence-electron chi connectivity index (χ1n) is 7.18. The Kier molecular flexibility index (Phi) is 5.21. The summed E-state index contributed by atoms with van der Waals surface area (Å²) in [6.07, 6.45) is 6.84. The lowest BCUT2D eigenvalue weighted by Gasteiger charge is -2.24. The monoisotopic (exact) mass is 247 g/mol. The first-order chi connectivity index (χ1) is 8.79. The van der Waals surface area contributed by atoms with Crippen molar-refractivity contribution in [1.82, 2.24) is 0 Å². The van der Waals surface area contributed by atoms with E-state index in [2.05, 4.69) is 31.2 Å². The van der Waals surface area contributed by atoms with E-state index < -0.39 is 0 Å². The van der Waals surface area contributed by atoms with Crippen molar-refractivity contribution >= 4 is 0 Å².